The highest BCUT2D eigenvalue weighted by Crippen LogP contribution is 1.90. The average molecular weight is 98.1 g/mol. The summed E-state index contributed by atoms with van der Waals surface area (Å²) in [5, 5.41) is 0. The van der Waals surface area contributed by atoms with Crippen molar-refractivity contribution < 1.29 is 4.79 Å². The molecule has 0 spiro atoms. The molecule has 40 valence electrons. The van der Waals surface area contributed by atoms with E-state index in [1.54, 1.807) is 6.92 Å². The Balaban J connectivity index is 2.82. The summed E-state index contributed by atoms with van der Waals surface area (Å²) in [4.78, 5) is 10.1. The lowest BCUT2D eigenvalue weighted by molar-refractivity contribution is -0.116. The van der Waals surface area contributed by atoms with Crippen LogP contribution in [0.5, 0.6) is 0 Å². The number of Topliss-reactive ketones (excluding diaryl/α,β-unsaturated/α-hetero) is 1. The molecule has 2 radical (unpaired) electrons. The monoisotopic (exact) mass is 98.1 g/mol. The highest BCUT2D eigenvalue weighted by Gasteiger charge is 1.87. The third kappa shape index (κ3) is 5.67. The smallest absolute Gasteiger partial charge is 0.130 e. The molecule has 0 rings (SSSR count). The van der Waals surface area contributed by atoms with Gasteiger partial charge in [-0.2, -0.15) is 0 Å². The van der Waals surface area contributed by atoms with Crippen molar-refractivity contribution in [3.63, 3.8) is 0 Å². The number of hydrogen-bond donors (Lipinski definition) is 0. The van der Waals surface area contributed by atoms with Crippen molar-refractivity contribution >= 4 is 5.78 Å². The fourth-order valence-corrected chi connectivity index (χ4v) is 0.305. The Morgan fingerprint density at radius 3 is 2.57 bits per heavy atom. The molecule has 1 heteroatoms. The van der Waals surface area contributed by atoms with Gasteiger partial charge in [0.05, 0.1) is 0 Å². The summed E-state index contributed by atoms with van der Waals surface area (Å²) < 4.78 is 0. The largest absolute Gasteiger partial charge is 0.300 e. The molecule has 0 saturated carbocycles. The van der Waals surface area contributed by atoms with Crippen LogP contribution in [0.4, 0.5) is 0 Å². The van der Waals surface area contributed by atoms with E-state index in [2.05, 4.69) is 6.92 Å². The maximum atomic E-state index is 10.1. The minimum Gasteiger partial charge on any atom is -0.300 e. The second-order valence-corrected chi connectivity index (χ2v) is 1.48. The molecule has 0 saturated heterocycles. The lowest BCUT2D eigenvalue weighted by Gasteiger charge is -1.86. The van der Waals surface area contributed by atoms with Crippen LogP contribution < -0.4 is 0 Å². The van der Waals surface area contributed by atoms with Gasteiger partial charge in [0.1, 0.15) is 5.78 Å². The summed E-state index contributed by atoms with van der Waals surface area (Å²) >= 11 is 0. The van der Waals surface area contributed by atoms with Crippen LogP contribution in [0.15, 0.2) is 0 Å². The van der Waals surface area contributed by atoms with Crippen LogP contribution in [-0.4, -0.2) is 5.78 Å². The molecule has 1 nitrogen and oxygen atoms in total. The number of unbranched alkanes of at least 4 members (excludes halogenated alkanes) is 1. The normalized spacial score (nSPS) is 8.86. The molecular weight excluding hydrogens is 88.1 g/mol. The summed E-state index contributed by atoms with van der Waals surface area (Å²) in [5.74, 6) is 0.212. The molecule has 0 aliphatic heterocycles. The number of hydrogen-bond acceptors (Lipinski definition) is 1. The SMILES string of the molecule is [CH2]C[CH]CC(C)=O. The molecule has 0 N–H and O–H groups in total. The van der Waals surface area contributed by atoms with Crippen LogP contribution >= 0.6 is 0 Å². The fourth-order valence-electron chi connectivity index (χ4n) is 0.305. The van der Waals surface area contributed by atoms with E-state index in [1.165, 1.54) is 0 Å². The van der Waals surface area contributed by atoms with Gasteiger partial charge in [-0.1, -0.05) is 6.92 Å². The van der Waals surface area contributed by atoms with Crippen molar-refractivity contribution in [3.05, 3.63) is 13.3 Å². The van der Waals surface area contributed by atoms with Gasteiger partial charge < -0.3 is 4.79 Å². The summed E-state index contributed by atoms with van der Waals surface area (Å²) in [5.41, 5.74) is 0. The molecule has 0 fully saturated rings. The summed E-state index contributed by atoms with van der Waals surface area (Å²) in [6.07, 6.45) is 3.19. The molecule has 0 bridgehead atoms. The third-order valence-electron chi connectivity index (χ3n) is 0.636. The molecule has 0 aliphatic rings. The Kier molecular flexibility index (Phi) is 3.67. The molecule has 0 amide bonds. The van der Waals surface area contributed by atoms with Gasteiger partial charge in [-0.15, -0.1) is 0 Å². The second-order valence-electron chi connectivity index (χ2n) is 1.48. The maximum absolute atomic E-state index is 10.1. The topological polar surface area (TPSA) is 17.1 Å². The van der Waals surface area contributed by atoms with Gasteiger partial charge in [-0.05, 0) is 19.8 Å². The van der Waals surface area contributed by atoms with Crippen LogP contribution in [0.1, 0.15) is 19.8 Å². The number of rotatable bonds is 3. The molecule has 0 aliphatic carbocycles. The van der Waals surface area contributed by atoms with Crippen molar-refractivity contribution in [3.8, 4) is 0 Å². The standard InChI is InChI=1S/C6H10O/c1-3-4-5-6(2)7/h4H,1,3,5H2,2H3. The molecule has 0 aromatic rings. The van der Waals surface area contributed by atoms with Crippen molar-refractivity contribution in [1.82, 2.24) is 0 Å². The van der Waals surface area contributed by atoms with E-state index in [-0.39, 0.29) is 5.78 Å². The lowest BCUT2D eigenvalue weighted by atomic mass is 10.2. The van der Waals surface area contributed by atoms with Gasteiger partial charge in [0.2, 0.25) is 0 Å². The van der Waals surface area contributed by atoms with Crippen LogP contribution in [0.25, 0.3) is 0 Å². The quantitative estimate of drug-likeness (QED) is 0.521. The average Bonchev–Trinajstić information content (AvgIpc) is 1.61. The number of carbonyl (C=O) groups is 1. The Labute approximate surface area is 44.7 Å². The van der Waals surface area contributed by atoms with Crippen LogP contribution in [-0.2, 0) is 4.79 Å². The minimum atomic E-state index is 0.212. The van der Waals surface area contributed by atoms with E-state index in [0.29, 0.717) is 6.42 Å². The zero-order valence-electron chi connectivity index (χ0n) is 4.61. The molecule has 0 atom stereocenters. The molecule has 0 heterocycles. The van der Waals surface area contributed by atoms with E-state index in [9.17, 15) is 4.79 Å². The van der Waals surface area contributed by atoms with Gasteiger partial charge in [0, 0.05) is 6.42 Å². The predicted octanol–water partition coefficient (Wildman–Crippen LogP) is 1.39. The maximum Gasteiger partial charge on any atom is 0.130 e. The van der Waals surface area contributed by atoms with Crippen molar-refractivity contribution in [2.45, 2.75) is 19.8 Å². The van der Waals surface area contributed by atoms with E-state index in [0.717, 1.165) is 6.42 Å². The molecule has 7 heavy (non-hydrogen) atoms. The van der Waals surface area contributed by atoms with Gasteiger partial charge in [-0.3, -0.25) is 0 Å². The van der Waals surface area contributed by atoms with Gasteiger partial charge in [0.15, 0.2) is 0 Å². The first kappa shape index (κ1) is 6.67. The Bertz CT molecular complexity index is 57.2. The van der Waals surface area contributed by atoms with Crippen LogP contribution in [0.3, 0.4) is 0 Å². The Hall–Kier alpha value is -0.330. The first-order chi connectivity index (χ1) is 3.27. The van der Waals surface area contributed by atoms with Gasteiger partial charge >= 0.3 is 0 Å². The summed E-state index contributed by atoms with van der Waals surface area (Å²) in [6, 6.07) is 0. The van der Waals surface area contributed by atoms with E-state index in [1.807, 2.05) is 6.42 Å². The highest BCUT2D eigenvalue weighted by molar-refractivity contribution is 5.76. The highest BCUT2D eigenvalue weighted by atomic mass is 16.1. The first-order valence-electron chi connectivity index (χ1n) is 2.37. The van der Waals surface area contributed by atoms with E-state index < -0.39 is 0 Å². The molecular formula is C6H10O. The van der Waals surface area contributed by atoms with E-state index in [4.69, 9.17) is 0 Å². The zero-order valence-corrected chi connectivity index (χ0v) is 4.61. The fraction of sp³-hybridized carbons (Fsp3) is 0.500. The third-order valence-corrected chi connectivity index (χ3v) is 0.636. The van der Waals surface area contributed by atoms with Crippen LogP contribution in [0.2, 0.25) is 0 Å². The van der Waals surface area contributed by atoms with Gasteiger partial charge in [0.25, 0.3) is 0 Å². The van der Waals surface area contributed by atoms with Gasteiger partial charge in [-0.25, -0.2) is 0 Å². The lowest BCUT2D eigenvalue weighted by Crippen LogP contribution is -1.87. The number of carbonyl (C=O) groups excluding carboxylic acids is 1. The number of ketones is 1. The molecule has 0 aromatic heterocycles. The van der Waals surface area contributed by atoms with E-state index >= 15 is 0 Å². The van der Waals surface area contributed by atoms with Crippen molar-refractivity contribution in [2.75, 3.05) is 0 Å². The summed E-state index contributed by atoms with van der Waals surface area (Å²) in [6.45, 7) is 5.13. The zero-order chi connectivity index (χ0) is 5.70. The van der Waals surface area contributed by atoms with Crippen molar-refractivity contribution in [1.29, 1.82) is 0 Å². The molecule has 0 unspecified atom stereocenters. The first-order valence-corrected chi connectivity index (χ1v) is 2.37. The Morgan fingerprint density at radius 1 is 1.86 bits per heavy atom. The van der Waals surface area contributed by atoms with Crippen molar-refractivity contribution in [2.24, 2.45) is 0 Å². The predicted molar refractivity (Wildman–Crippen MR) is 29.6 cm³/mol. The minimum absolute atomic E-state index is 0.212. The van der Waals surface area contributed by atoms with Crippen LogP contribution in [0, 0.1) is 13.3 Å². The summed E-state index contributed by atoms with van der Waals surface area (Å²) in [7, 11) is 0. The Morgan fingerprint density at radius 2 is 2.43 bits per heavy atom. The second kappa shape index (κ2) is 3.85. The molecule has 0 aromatic carbocycles.